The zero-order valence-corrected chi connectivity index (χ0v) is 26.3. The molecule has 0 aliphatic heterocycles. The zero-order valence-electron chi connectivity index (χ0n) is 26.3. The number of fused-ring (bicyclic) bond motifs is 2. The Morgan fingerprint density at radius 1 is 0.574 bits per heavy atom. The quantitative estimate of drug-likeness (QED) is 0.152. The van der Waals surface area contributed by atoms with E-state index < -0.39 is 0 Å². The number of benzene rings is 6. The lowest BCUT2D eigenvalue weighted by atomic mass is 10.0. The van der Waals surface area contributed by atoms with Gasteiger partial charge in [-0.2, -0.15) is 0 Å². The van der Waals surface area contributed by atoms with Crippen molar-refractivity contribution in [1.82, 2.24) is 0 Å². The largest absolute Gasteiger partial charge is 0.314 e. The molecule has 0 atom stereocenters. The van der Waals surface area contributed by atoms with Gasteiger partial charge in [-0.15, -0.1) is 0 Å². The molecule has 0 aliphatic carbocycles. The third-order valence-electron chi connectivity index (χ3n) is 8.40. The summed E-state index contributed by atoms with van der Waals surface area (Å²) in [4.78, 5) is 4.61. The molecule has 0 radical (unpaired) electrons. The summed E-state index contributed by atoms with van der Waals surface area (Å²) in [5.74, 6) is 0. The van der Waals surface area contributed by atoms with E-state index in [9.17, 15) is 0 Å². The van der Waals surface area contributed by atoms with Gasteiger partial charge in [0.05, 0.1) is 11.4 Å². The fourth-order valence-corrected chi connectivity index (χ4v) is 6.15. The van der Waals surface area contributed by atoms with Crippen LogP contribution in [-0.2, 0) is 0 Å². The van der Waals surface area contributed by atoms with Gasteiger partial charge in [0.25, 0.3) is 0 Å². The van der Waals surface area contributed by atoms with Gasteiger partial charge in [-0.3, -0.25) is 0 Å². The first-order valence-electron chi connectivity index (χ1n) is 15.8. The second kappa shape index (κ2) is 13.4. The van der Waals surface area contributed by atoms with Crippen LogP contribution in [0.1, 0.15) is 6.92 Å². The minimum atomic E-state index is 1.04. The maximum Gasteiger partial charge on any atom is 0.0630 e. The maximum absolute atomic E-state index is 3.82. The summed E-state index contributed by atoms with van der Waals surface area (Å²) in [6.45, 7) is 5.97. The van der Waals surface area contributed by atoms with Crippen molar-refractivity contribution in [2.75, 3.05) is 9.80 Å². The van der Waals surface area contributed by atoms with Crippen molar-refractivity contribution in [2.45, 2.75) is 6.92 Å². The molecule has 0 heterocycles. The minimum Gasteiger partial charge on any atom is -0.314 e. The Morgan fingerprint density at radius 2 is 1.19 bits per heavy atom. The minimum absolute atomic E-state index is 1.04. The van der Waals surface area contributed by atoms with Crippen molar-refractivity contribution in [2.24, 2.45) is 0 Å². The second-order valence-electron chi connectivity index (χ2n) is 11.4. The van der Waals surface area contributed by atoms with Crippen molar-refractivity contribution in [3.05, 3.63) is 200 Å². The monoisotopic (exact) mass is 602 g/mol. The SMILES string of the molecule is C=C/C=C\C=C(/C)N(c1ccc(-c2ccc(N(c3ccccc3)c3cc#cc4ccccc34)cc2)cc1)c1cccc2ccccc12. The number of nitrogens with zero attached hydrogens (tertiary/aromatic N) is 2. The van der Waals surface area contributed by atoms with Gasteiger partial charge in [-0.25, -0.2) is 0 Å². The smallest absolute Gasteiger partial charge is 0.0630 e. The van der Waals surface area contributed by atoms with Gasteiger partial charge in [0, 0.05) is 45.0 Å². The molecule has 2 heteroatoms. The fraction of sp³-hybridized carbons (Fsp3) is 0.0222. The van der Waals surface area contributed by atoms with Gasteiger partial charge in [0.2, 0.25) is 0 Å². The normalized spacial score (nSPS) is 11.5. The van der Waals surface area contributed by atoms with E-state index in [2.05, 4.69) is 175 Å². The van der Waals surface area contributed by atoms with E-state index in [0.717, 1.165) is 56.0 Å². The summed E-state index contributed by atoms with van der Waals surface area (Å²) in [5.41, 5.74) is 8.91. The average molecular weight is 603 g/mol. The fourth-order valence-electron chi connectivity index (χ4n) is 6.15. The van der Waals surface area contributed by atoms with E-state index in [-0.39, 0.29) is 0 Å². The number of hydrogen-bond acceptors (Lipinski definition) is 2. The summed E-state index contributed by atoms with van der Waals surface area (Å²) in [5, 5.41) is 4.60. The molecule has 0 saturated carbocycles. The van der Waals surface area contributed by atoms with E-state index in [4.69, 9.17) is 0 Å². The molecule has 0 bridgehead atoms. The standard InChI is InChI=1S/C45H34N2/c1-3-4-6-15-34(2)46(44-24-13-18-37-16-9-11-22-42(37)44)40-30-26-35(27-31-40)36-28-32-41(33-29-36)47(39-20-7-5-8-21-39)45-25-14-19-38-17-10-12-23-43(38)45/h3-13,15-18,20-33H,1H2,2H3/b6-4-,34-15+. The Labute approximate surface area is 277 Å². The number of allylic oxidation sites excluding steroid dienone is 5. The van der Waals surface area contributed by atoms with E-state index in [1.54, 1.807) is 6.08 Å². The van der Waals surface area contributed by atoms with Gasteiger partial charge in [0.1, 0.15) is 0 Å². The van der Waals surface area contributed by atoms with Crippen LogP contribution >= 0.6 is 0 Å². The van der Waals surface area contributed by atoms with Gasteiger partial charge < -0.3 is 9.80 Å². The lowest BCUT2D eigenvalue weighted by molar-refractivity contribution is 1.16. The van der Waals surface area contributed by atoms with Crippen LogP contribution in [0.5, 0.6) is 0 Å². The highest BCUT2D eigenvalue weighted by Gasteiger charge is 2.17. The predicted molar refractivity (Wildman–Crippen MR) is 201 cm³/mol. The van der Waals surface area contributed by atoms with Gasteiger partial charge in [-0.1, -0.05) is 134 Å². The van der Waals surface area contributed by atoms with Gasteiger partial charge in [-0.05, 0) is 78.0 Å². The van der Waals surface area contributed by atoms with Gasteiger partial charge in [0.15, 0.2) is 0 Å². The number of anilines is 5. The molecular weight excluding hydrogens is 569 g/mol. The summed E-state index contributed by atoms with van der Waals surface area (Å²) >= 11 is 0. The molecule has 0 N–H and O–H groups in total. The van der Waals surface area contributed by atoms with E-state index in [1.807, 2.05) is 30.4 Å². The lowest BCUT2D eigenvalue weighted by Gasteiger charge is -2.27. The Hall–Kier alpha value is -6.30. The van der Waals surface area contributed by atoms with Crippen LogP contribution in [0.2, 0.25) is 0 Å². The lowest BCUT2D eigenvalue weighted by Crippen LogP contribution is -2.14. The zero-order chi connectivity index (χ0) is 32.0. The molecule has 2 nitrogen and oxygen atoms in total. The summed E-state index contributed by atoms with van der Waals surface area (Å²) < 4.78 is 0. The third kappa shape index (κ3) is 6.03. The molecule has 0 aromatic heterocycles. The van der Waals surface area contributed by atoms with Crippen LogP contribution in [0.25, 0.3) is 32.7 Å². The molecule has 0 fully saturated rings. The second-order valence-corrected chi connectivity index (χ2v) is 11.4. The highest BCUT2D eigenvalue weighted by Crippen LogP contribution is 2.40. The molecule has 0 aliphatic rings. The number of para-hydroxylation sites is 1. The number of rotatable bonds is 9. The van der Waals surface area contributed by atoms with Crippen molar-refractivity contribution in [3.8, 4) is 11.1 Å². The van der Waals surface area contributed by atoms with Crippen LogP contribution in [-0.4, -0.2) is 0 Å². The van der Waals surface area contributed by atoms with Crippen molar-refractivity contribution in [1.29, 1.82) is 0 Å². The van der Waals surface area contributed by atoms with Crippen LogP contribution in [0.15, 0.2) is 188 Å². The van der Waals surface area contributed by atoms with Crippen LogP contribution in [0.4, 0.5) is 28.4 Å². The Bertz CT molecular complexity index is 2200. The first-order valence-corrected chi connectivity index (χ1v) is 15.8. The molecule has 0 amide bonds. The average Bonchev–Trinajstić information content (AvgIpc) is 3.13. The van der Waals surface area contributed by atoms with Crippen molar-refractivity contribution >= 4 is 50.0 Å². The van der Waals surface area contributed by atoms with E-state index in [1.165, 1.54) is 10.8 Å². The first-order chi connectivity index (χ1) is 23.2. The highest BCUT2D eigenvalue weighted by atomic mass is 15.1. The molecule has 7 aromatic carbocycles. The third-order valence-corrected chi connectivity index (χ3v) is 8.40. The molecule has 0 unspecified atom stereocenters. The van der Waals surface area contributed by atoms with E-state index >= 15 is 0 Å². The molecule has 7 aromatic rings. The Morgan fingerprint density at radius 3 is 1.94 bits per heavy atom. The summed E-state index contributed by atoms with van der Waals surface area (Å²) in [7, 11) is 0. The first kappa shape index (κ1) is 29.4. The Kier molecular flexibility index (Phi) is 8.36. The molecule has 224 valence electrons. The van der Waals surface area contributed by atoms with E-state index in [0.29, 0.717) is 0 Å². The molecular formula is C45H34N2. The van der Waals surface area contributed by atoms with Gasteiger partial charge >= 0.3 is 0 Å². The Balaban J connectivity index is 1.25. The topological polar surface area (TPSA) is 6.48 Å². The predicted octanol–water partition coefficient (Wildman–Crippen LogP) is 12.5. The highest BCUT2D eigenvalue weighted by molar-refractivity contribution is 5.99. The van der Waals surface area contributed by atoms with Crippen LogP contribution in [0, 0.1) is 12.1 Å². The summed E-state index contributed by atoms with van der Waals surface area (Å²) in [6, 6.07) is 60.0. The van der Waals surface area contributed by atoms with Crippen LogP contribution < -0.4 is 9.80 Å². The maximum atomic E-state index is 3.82. The molecule has 7 rings (SSSR count). The molecule has 0 spiro atoms. The van der Waals surface area contributed by atoms with Crippen LogP contribution in [0.3, 0.4) is 0 Å². The molecule has 47 heavy (non-hydrogen) atoms. The summed E-state index contributed by atoms with van der Waals surface area (Å²) in [6.07, 6.45) is 7.90. The van der Waals surface area contributed by atoms with Crippen molar-refractivity contribution in [3.63, 3.8) is 0 Å². The van der Waals surface area contributed by atoms with Crippen molar-refractivity contribution < 1.29 is 0 Å². The molecule has 0 saturated heterocycles. The number of hydrogen-bond donors (Lipinski definition) is 0.